The average molecular weight is 315 g/mol. The van der Waals surface area contributed by atoms with Gasteiger partial charge >= 0.3 is 0 Å². The van der Waals surface area contributed by atoms with Crippen molar-refractivity contribution < 1.29 is 4.79 Å². The molecular weight excluding hydrogens is 296 g/mol. The number of nitrogens with zero attached hydrogens (tertiary/aromatic N) is 1. The summed E-state index contributed by atoms with van der Waals surface area (Å²) in [6.07, 6.45) is 1.08. The quantitative estimate of drug-likeness (QED) is 0.940. The highest BCUT2D eigenvalue weighted by atomic mass is 35.5. The summed E-state index contributed by atoms with van der Waals surface area (Å²) in [6.45, 7) is 3.52. The molecule has 0 spiro atoms. The first-order valence-corrected chi connectivity index (χ1v) is 7.93. The predicted octanol–water partition coefficient (Wildman–Crippen LogP) is 3.13. The lowest BCUT2D eigenvalue weighted by atomic mass is 10.00. The van der Waals surface area contributed by atoms with Crippen LogP contribution < -0.4 is 5.32 Å². The predicted molar refractivity (Wildman–Crippen MR) is 89.2 cm³/mol. The second-order valence-corrected chi connectivity index (χ2v) is 6.00. The van der Waals surface area contributed by atoms with Crippen molar-refractivity contribution in [1.29, 1.82) is 0 Å². The van der Waals surface area contributed by atoms with Crippen LogP contribution in [0.1, 0.15) is 21.5 Å². The topological polar surface area (TPSA) is 32.3 Å². The fourth-order valence-electron chi connectivity index (χ4n) is 2.80. The summed E-state index contributed by atoms with van der Waals surface area (Å²) in [5.74, 6) is -0.0695. The SMILES string of the molecule is O=C(NCCN1CCc2ccccc2C1)c1cccc(Cl)c1. The Morgan fingerprint density at radius 3 is 2.77 bits per heavy atom. The number of rotatable bonds is 4. The van der Waals surface area contributed by atoms with E-state index in [0.717, 1.165) is 26.1 Å². The lowest BCUT2D eigenvalue weighted by Crippen LogP contribution is -2.37. The number of fused-ring (bicyclic) bond motifs is 1. The molecule has 1 heterocycles. The molecule has 0 bridgehead atoms. The van der Waals surface area contributed by atoms with Crippen molar-refractivity contribution in [2.24, 2.45) is 0 Å². The fourth-order valence-corrected chi connectivity index (χ4v) is 2.99. The van der Waals surface area contributed by atoms with Gasteiger partial charge in [-0.2, -0.15) is 0 Å². The number of halogens is 1. The normalized spacial score (nSPS) is 14.4. The Bertz CT molecular complexity index is 672. The van der Waals surface area contributed by atoms with Crippen LogP contribution >= 0.6 is 11.6 Å². The van der Waals surface area contributed by atoms with Crippen molar-refractivity contribution in [3.63, 3.8) is 0 Å². The number of amides is 1. The lowest BCUT2D eigenvalue weighted by molar-refractivity contribution is 0.0947. The smallest absolute Gasteiger partial charge is 0.251 e. The first-order valence-electron chi connectivity index (χ1n) is 7.55. The van der Waals surface area contributed by atoms with Crippen LogP contribution in [0.4, 0.5) is 0 Å². The van der Waals surface area contributed by atoms with Gasteiger partial charge in [0.1, 0.15) is 0 Å². The molecule has 0 saturated heterocycles. The lowest BCUT2D eigenvalue weighted by Gasteiger charge is -2.28. The summed E-state index contributed by atoms with van der Waals surface area (Å²) < 4.78 is 0. The van der Waals surface area contributed by atoms with Crippen LogP contribution in [-0.4, -0.2) is 30.4 Å². The monoisotopic (exact) mass is 314 g/mol. The Morgan fingerprint density at radius 2 is 1.95 bits per heavy atom. The molecule has 1 aliphatic heterocycles. The molecule has 2 aromatic carbocycles. The minimum atomic E-state index is -0.0695. The summed E-state index contributed by atoms with van der Waals surface area (Å²) in [5, 5.41) is 3.54. The standard InChI is InChI=1S/C18H19ClN2O/c19-17-7-3-6-15(12-17)18(22)20-9-11-21-10-8-14-4-1-2-5-16(14)13-21/h1-7,12H,8-11,13H2,(H,20,22). The maximum absolute atomic E-state index is 12.0. The van der Waals surface area contributed by atoms with E-state index >= 15 is 0 Å². The van der Waals surface area contributed by atoms with Gasteiger partial charge in [-0.05, 0) is 35.7 Å². The zero-order valence-electron chi connectivity index (χ0n) is 12.4. The highest BCUT2D eigenvalue weighted by Crippen LogP contribution is 2.17. The molecule has 0 fully saturated rings. The van der Waals surface area contributed by atoms with E-state index in [4.69, 9.17) is 11.6 Å². The third-order valence-corrected chi connectivity index (χ3v) is 4.25. The Hall–Kier alpha value is -1.84. The molecule has 1 N–H and O–H groups in total. The molecular formula is C18H19ClN2O. The second-order valence-electron chi connectivity index (χ2n) is 5.56. The zero-order chi connectivity index (χ0) is 15.4. The molecule has 3 rings (SSSR count). The Kier molecular flexibility index (Phi) is 4.76. The fraction of sp³-hybridized carbons (Fsp3) is 0.278. The minimum absolute atomic E-state index is 0.0695. The van der Waals surface area contributed by atoms with E-state index in [0.29, 0.717) is 17.1 Å². The molecule has 0 saturated carbocycles. The van der Waals surface area contributed by atoms with Crippen molar-refractivity contribution in [2.45, 2.75) is 13.0 Å². The average Bonchev–Trinajstić information content (AvgIpc) is 2.54. The first kappa shape index (κ1) is 15.1. The molecule has 22 heavy (non-hydrogen) atoms. The second kappa shape index (κ2) is 6.95. The summed E-state index contributed by atoms with van der Waals surface area (Å²) in [5.41, 5.74) is 3.45. The molecule has 2 aromatic rings. The van der Waals surface area contributed by atoms with Crippen molar-refractivity contribution in [3.05, 3.63) is 70.2 Å². The Balaban J connectivity index is 1.49. The van der Waals surface area contributed by atoms with Crippen LogP contribution in [0.15, 0.2) is 48.5 Å². The van der Waals surface area contributed by atoms with E-state index in [-0.39, 0.29) is 5.91 Å². The van der Waals surface area contributed by atoms with Gasteiger partial charge in [-0.25, -0.2) is 0 Å². The van der Waals surface area contributed by atoms with Crippen molar-refractivity contribution in [1.82, 2.24) is 10.2 Å². The Labute approximate surface area is 135 Å². The van der Waals surface area contributed by atoms with Gasteiger partial charge in [-0.3, -0.25) is 9.69 Å². The maximum Gasteiger partial charge on any atom is 0.251 e. The van der Waals surface area contributed by atoms with Crippen molar-refractivity contribution in [3.8, 4) is 0 Å². The van der Waals surface area contributed by atoms with Crippen molar-refractivity contribution in [2.75, 3.05) is 19.6 Å². The van der Waals surface area contributed by atoms with E-state index in [2.05, 4.69) is 34.5 Å². The van der Waals surface area contributed by atoms with Gasteiger partial charge in [0, 0.05) is 36.8 Å². The maximum atomic E-state index is 12.0. The number of hydrogen-bond donors (Lipinski definition) is 1. The van der Waals surface area contributed by atoms with Crippen LogP contribution in [0.2, 0.25) is 5.02 Å². The highest BCUT2D eigenvalue weighted by molar-refractivity contribution is 6.30. The molecule has 3 nitrogen and oxygen atoms in total. The van der Waals surface area contributed by atoms with E-state index in [1.807, 2.05) is 0 Å². The molecule has 0 unspecified atom stereocenters. The summed E-state index contributed by atoms with van der Waals surface area (Å²) in [6, 6.07) is 15.6. The highest BCUT2D eigenvalue weighted by Gasteiger charge is 2.15. The van der Waals surface area contributed by atoms with Gasteiger partial charge in [0.25, 0.3) is 5.91 Å². The molecule has 1 aliphatic rings. The molecule has 1 amide bonds. The van der Waals surface area contributed by atoms with Crippen LogP contribution in [0.25, 0.3) is 0 Å². The van der Waals surface area contributed by atoms with Crippen LogP contribution in [-0.2, 0) is 13.0 Å². The summed E-state index contributed by atoms with van der Waals surface area (Å²) in [4.78, 5) is 14.4. The molecule has 0 atom stereocenters. The zero-order valence-corrected chi connectivity index (χ0v) is 13.1. The largest absolute Gasteiger partial charge is 0.351 e. The molecule has 0 radical (unpaired) electrons. The van der Waals surface area contributed by atoms with Crippen LogP contribution in [0.3, 0.4) is 0 Å². The Morgan fingerprint density at radius 1 is 1.14 bits per heavy atom. The van der Waals surface area contributed by atoms with E-state index < -0.39 is 0 Å². The van der Waals surface area contributed by atoms with Crippen LogP contribution in [0.5, 0.6) is 0 Å². The minimum Gasteiger partial charge on any atom is -0.351 e. The number of carbonyl (C=O) groups excluding carboxylic acids is 1. The van der Waals surface area contributed by atoms with Crippen LogP contribution in [0, 0.1) is 0 Å². The number of carbonyl (C=O) groups is 1. The summed E-state index contributed by atoms with van der Waals surface area (Å²) in [7, 11) is 0. The van der Waals surface area contributed by atoms with Gasteiger partial charge in [0.15, 0.2) is 0 Å². The van der Waals surface area contributed by atoms with Gasteiger partial charge in [-0.1, -0.05) is 41.9 Å². The summed E-state index contributed by atoms with van der Waals surface area (Å²) >= 11 is 5.90. The van der Waals surface area contributed by atoms with Gasteiger partial charge in [0.05, 0.1) is 0 Å². The van der Waals surface area contributed by atoms with Crippen molar-refractivity contribution >= 4 is 17.5 Å². The molecule has 0 aromatic heterocycles. The third-order valence-electron chi connectivity index (χ3n) is 4.01. The van der Waals surface area contributed by atoms with Gasteiger partial charge in [-0.15, -0.1) is 0 Å². The van der Waals surface area contributed by atoms with E-state index in [1.54, 1.807) is 24.3 Å². The van der Waals surface area contributed by atoms with E-state index in [1.165, 1.54) is 11.1 Å². The molecule has 0 aliphatic carbocycles. The molecule has 114 valence electrons. The first-order chi connectivity index (χ1) is 10.7. The van der Waals surface area contributed by atoms with Gasteiger partial charge < -0.3 is 5.32 Å². The molecule has 4 heteroatoms. The third kappa shape index (κ3) is 3.67. The van der Waals surface area contributed by atoms with E-state index in [9.17, 15) is 4.79 Å². The number of nitrogens with one attached hydrogen (secondary N) is 1. The van der Waals surface area contributed by atoms with Gasteiger partial charge in [0.2, 0.25) is 0 Å². The number of benzene rings is 2. The number of hydrogen-bond acceptors (Lipinski definition) is 2.